The normalized spacial score (nSPS) is 45.4. The van der Waals surface area contributed by atoms with Crippen LogP contribution >= 0.6 is 129 Å². The van der Waals surface area contributed by atoms with Crippen molar-refractivity contribution in [2.45, 2.75) is 0 Å². The van der Waals surface area contributed by atoms with Crippen LogP contribution in [0.4, 0.5) is 0 Å². The molecule has 0 aromatic rings. The summed E-state index contributed by atoms with van der Waals surface area (Å²) in [5, 5.41) is 0. The largest absolute Gasteiger partial charge is 0.313 e. The second kappa shape index (κ2) is 9.30. The van der Waals surface area contributed by atoms with E-state index in [1.807, 2.05) is 0 Å². The minimum Gasteiger partial charge on any atom is -0.313 e. The molecule has 4 unspecified atom stereocenters. The van der Waals surface area contributed by atoms with E-state index in [9.17, 15) is 0 Å². The van der Waals surface area contributed by atoms with Gasteiger partial charge in [0.2, 0.25) is 0 Å². The van der Waals surface area contributed by atoms with Crippen LogP contribution in [0.15, 0.2) is 27.1 Å². The SMILES string of the molecule is ClP1(Cl)=NP2(Cl)=NP(Cl)(=N1)OCCOP1(Cl)=NP(Cl)(Cl)=NP(Cl)(=N1)OCCO2. The van der Waals surface area contributed by atoms with Gasteiger partial charge >= 0.3 is 27.1 Å². The van der Waals surface area contributed by atoms with Gasteiger partial charge in [-0.15, -0.1) is 0 Å². The summed E-state index contributed by atoms with van der Waals surface area (Å²) in [5.41, 5.74) is 0. The van der Waals surface area contributed by atoms with Crippen LogP contribution in [0.5, 0.6) is 0 Å². The molecule has 0 aromatic heterocycles. The van der Waals surface area contributed by atoms with Crippen molar-refractivity contribution in [1.29, 1.82) is 0 Å². The number of rotatable bonds is 0. The summed E-state index contributed by atoms with van der Waals surface area (Å²) in [6.07, 6.45) is 0. The van der Waals surface area contributed by atoms with Gasteiger partial charge < -0.3 is 18.1 Å². The molecule has 4 atom stereocenters. The van der Waals surface area contributed by atoms with Gasteiger partial charge in [-0.2, -0.15) is 27.1 Å². The highest BCUT2D eigenvalue weighted by Gasteiger charge is 2.38. The zero-order valence-corrected chi connectivity index (χ0v) is 24.3. The number of hydrogen-bond donors (Lipinski definition) is 0. The van der Waals surface area contributed by atoms with E-state index in [-0.39, 0.29) is 26.4 Å². The fourth-order valence-corrected chi connectivity index (χ4v) is 31.2. The van der Waals surface area contributed by atoms with Crippen molar-refractivity contribution >= 4 is 129 Å². The van der Waals surface area contributed by atoms with Gasteiger partial charge in [-0.3, -0.25) is 0 Å². The van der Waals surface area contributed by atoms with Crippen molar-refractivity contribution in [3.63, 3.8) is 0 Å². The minimum absolute atomic E-state index is 0.129. The average molecular weight is 674 g/mol. The Balaban J connectivity index is 1.99. The first kappa shape index (κ1) is 26.2. The van der Waals surface area contributed by atoms with Crippen LogP contribution < -0.4 is 0 Å². The summed E-state index contributed by atoms with van der Waals surface area (Å²) in [6.45, 7) is -13.9. The van der Waals surface area contributed by atoms with E-state index in [2.05, 4.69) is 27.1 Å². The van der Waals surface area contributed by atoms with Crippen LogP contribution in [0.25, 0.3) is 0 Å². The van der Waals surface area contributed by atoms with Crippen LogP contribution in [-0.4, -0.2) is 26.4 Å². The summed E-state index contributed by atoms with van der Waals surface area (Å²) in [7, 11) is 0. The number of hydrogen-bond acceptors (Lipinski definition) is 10. The summed E-state index contributed by atoms with van der Waals surface area (Å²) in [6, 6.07) is 0. The third-order valence-electron chi connectivity index (χ3n) is 2.50. The molecule has 3 heterocycles. The highest BCUT2D eigenvalue weighted by molar-refractivity contribution is 8.17. The van der Waals surface area contributed by atoms with Crippen LogP contribution in [-0.2, 0) is 18.1 Å². The lowest BCUT2D eigenvalue weighted by Gasteiger charge is -2.27. The van der Waals surface area contributed by atoms with Crippen molar-refractivity contribution in [2.24, 2.45) is 27.1 Å². The first-order valence-corrected chi connectivity index (χ1v) is 23.7. The van der Waals surface area contributed by atoms with Gasteiger partial charge in [0.1, 0.15) is 0 Å². The predicted molar refractivity (Wildman–Crippen MR) is 127 cm³/mol. The van der Waals surface area contributed by atoms with Gasteiger partial charge in [-0.05, 0) is 89.9 Å². The maximum atomic E-state index is 6.35. The molecular weight excluding hydrogens is 666 g/mol. The smallest absolute Gasteiger partial charge is 0.300 e. The molecule has 0 radical (unpaired) electrons. The molecule has 3 aliphatic rings. The van der Waals surface area contributed by atoms with Crippen molar-refractivity contribution in [2.75, 3.05) is 26.4 Å². The molecule has 10 nitrogen and oxygen atoms in total. The number of nitrogens with zero attached hydrogens (tertiary/aromatic N) is 6. The number of halogens is 8. The Hall–Kier alpha value is 3.54. The molecule has 24 heteroatoms. The Labute approximate surface area is 199 Å². The second-order valence-electron chi connectivity index (χ2n) is 4.67. The Morgan fingerprint density at radius 3 is 0.929 bits per heavy atom. The highest BCUT2D eigenvalue weighted by atomic mass is 35.9. The summed E-state index contributed by atoms with van der Waals surface area (Å²) in [5.74, 6) is -6.51. The maximum Gasteiger partial charge on any atom is 0.300 e. The van der Waals surface area contributed by atoms with Crippen LogP contribution in [0.1, 0.15) is 0 Å². The van der Waals surface area contributed by atoms with Gasteiger partial charge in [-0.25, -0.2) is 0 Å². The standard InChI is InChI=1S/C4H8Cl8N6O4P6/c5-23(6)13-25(9)17-27(11,15-23)21-3-4-22-28(12)16-24(7,8)14-26(10,18-28)20-2-1-19-25/h1-4H2. The van der Waals surface area contributed by atoms with E-state index in [0.29, 0.717) is 0 Å². The molecule has 0 aromatic carbocycles. The van der Waals surface area contributed by atoms with Gasteiger partial charge in [0.25, 0.3) is 11.8 Å². The topological polar surface area (TPSA) is 111 Å². The van der Waals surface area contributed by atoms with Crippen molar-refractivity contribution < 1.29 is 18.1 Å². The van der Waals surface area contributed by atoms with Crippen LogP contribution in [0.3, 0.4) is 0 Å². The Bertz CT molecular complexity index is 912. The first-order valence-electron chi connectivity index (χ1n) is 6.64. The third kappa shape index (κ3) is 7.27. The van der Waals surface area contributed by atoms with E-state index < -0.39 is 39.0 Å². The molecule has 0 saturated carbocycles. The molecule has 28 heavy (non-hydrogen) atoms. The third-order valence-corrected chi connectivity index (χ3v) is 26.0. The van der Waals surface area contributed by atoms with Gasteiger partial charge in [0.15, 0.2) is 0 Å². The molecule has 3 aliphatic heterocycles. The van der Waals surface area contributed by atoms with Crippen LogP contribution in [0.2, 0.25) is 0 Å². The average Bonchev–Trinajstić information content (AvgIpc) is 2.42. The van der Waals surface area contributed by atoms with E-state index in [1.54, 1.807) is 0 Å². The van der Waals surface area contributed by atoms with E-state index >= 15 is 0 Å². The number of fused-ring (bicyclic) bond motifs is 2. The second-order valence-corrected chi connectivity index (χ2v) is 27.6. The molecule has 0 aliphatic carbocycles. The van der Waals surface area contributed by atoms with Crippen molar-refractivity contribution in [3.8, 4) is 0 Å². The molecule has 0 amide bonds. The van der Waals surface area contributed by atoms with Gasteiger partial charge in [-0.1, -0.05) is 0 Å². The van der Waals surface area contributed by atoms with Crippen molar-refractivity contribution in [1.82, 2.24) is 0 Å². The molecule has 0 spiro atoms. The van der Waals surface area contributed by atoms with Crippen molar-refractivity contribution in [3.05, 3.63) is 0 Å². The molecule has 0 fully saturated rings. The highest BCUT2D eigenvalue weighted by Crippen LogP contribution is 2.87. The first-order chi connectivity index (χ1) is 12.7. The lowest BCUT2D eigenvalue weighted by molar-refractivity contribution is 0.241. The molecular formula is C4H8Cl8N6O4P6. The van der Waals surface area contributed by atoms with Gasteiger partial charge in [0, 0.05) is 0 Å². The minimum atomic E-state index is -3.35. The quantitative estimate of drug-likeness (QED) is 0.238. The van der Waals surface area contributed by atoms with E-state index in [1.165, 1.54) is 0 Å². The fraction of sp³-hybridized carbons (Fsp3) is 1.00. The lowest BCUT2D eigenvalue weighted by atomic mass is 10.8. The van der Waals surface area contributed by atoms with Crippen LogP contribution in [0, 0.1) is 0 Å². The maximum absolute atomic E-state index is 6.35. The lowest BCUT2D eigenvalue weighted by Crippen LogP contribution is -2.02. The van der Waals surface area contributed by atoms with E-state index in [4.69, 9.17) is 108 Å². The predicted octanol–water partition coefficient (Wildman–Crippen LogP) is 11.7. The molecule has 0 N–H and O–H groups in total. The Morgan fingerprint density at radius 1 is 0.393 bits per heavy atom. The summed E-state index contributed by atoms with van der Waals surface area (Å²) in [4.78, 5) is 0. The van der Waals surface area contributed by atoms with E-state index in [0.717, 1.165) is 0 Å². The summed E-state index contributed by atoms with van der Waals surface area (Å²) >= 11 is 49.8. The molecule has 0 saturated heterocycles. The zero-order chi connectivity index (χ0) is 20.9. The monoisotopic (exact) mass is 670 g/mol. The molecule has 4 bridgehead atoms. The van der Waals surface area contributed by atoms with Gasteiger partial charge in [0.05, 0.1) is 26.4 Å². The Morgan fingerprint density at radius 2 is 0.643 bits per heavy atom. The fourth-order valence-electron chi connectivity index (χ4n) is 1.73. The Kier molecular flexibility index (Phi) is 8.68. The summed E-state index contributed by atoms with van der Waals surface area (Å²) < 4.78 is 46.3. The molecule has 164 valence electrons. The zero-order valence-electron chi connectivity index (χ0n) is 12.9. The molecule has 3 rings (SSSR count).